The Bertz CT molecular complexity index is 445. The minimum Gasteiger partial charge on any atom is -0.393 e. The number of nitrogens with zero attached hydrogens (tertiary/aromatic N) is 1. The fourth-order valence-corrected chi connectivity index (χ4v) is 3.16. The lowest BCUT2D eigenvalue weighted by atomic mass is 9.82. The number of aliphatic hydroxyl groups is 1. The largest absolute Gasteiger partial charge is 0.393 e. The molecular weight excluding hydrogens is 234 g/mol. The van der Waals surface area contributed by atoms with Crippen LogP contribution in [0.25, 0.3) is 0 Å². The Morgan fingerprint density at radius 2 is 1.84 bits per heavy atom. The molecule has 2 nitrogen and oxygen atoms in total. The van der Waals surface area contributed by atoms with E-state index < -0.39 is 0 Å². The number of hydrogen-bond acceptors (Lipinski definition) is 2. The molecule has 0 bridgehead atoms. The highest BCUT2D eigenvalue weighted by molar-refractivity contribution is 5.58. The first-order valence-corrected chi connectivity index (χ1v) is 7.27. The maximum Gasteiger partial charge on any atom is 0.0579 e. The molecule has 1 aliphatic rings. The molecule has 1 unspecified atom stereocenters. The fourth-order valence-electron chi connectivity index (χ4n) is 3.16. The van der Waals surface area contributed by atoms with Gasteiger partial charge in [-0.05, 0) is 43.7 Å². The van der Waals surface area contributed by atoms with E-state index >= 15 is 0 Å². The lowest BCUT2D eigenvalue weighted by molar-refractivity contribution is 0.107. The molecule has 106 valence electrons. The molecule has 1 fully saturated rings. The molecule has 1 atom stereocenters. The normalized spacial score (nSPS) is 23.5. The van der Waals surface area contributed by atoms with Crippen molar-refractivity contribution in [3.05, 3.63) is 29.8 Å². The highest BCUT2D eigenvalue weighted by Crippen LogP contribution is 2.38. The van der Waals surface area contributed by atoms with Crippen LogP contribution in [0.15, 0.2) is 24.3 Å². The summed E-state index contributed by atoms with van der Waals surface area (Å²) in [6.07, 6.45) is 1.54. The van der Waals surface area contributed by atoms with Crippen molar-refractivity contribution < 1.29 is 5.11 Å². The summed E-state index contributed by atoms with van der Waals surface area (Å²) in [6.45, 7) is 12.2. The van der Waals surface area contributed by atoms with Gasteiger partial charge < -0.3 is 10.0 Å². The van der Waals surface area contributed by atoms with E-state index in [9.17, 15) is 5.11 Å². The molecule has 0 spiro atoms. The molecule has 0 aliphatic carbocycles. The van der Waals surface area contributed by atoms with Gasteiger partial charge in [0.15, 0.2) is 0 Å². The van der Waals surface area contributed by atoms with E-state index in [4.69, 9.17) is 0 Å². The summed E-state index contributed by atoms with van der Waals surface area (Å²) >= 11 is 0. The Hall–Kier alpha value is -1.02. The summed E-state index contributed by atoms with van der Waals surface area (Å²) in [5.74, 6) is 0. The molecule has 19 heavy (non-hydrogen) atoms. The van der Waals surface area contributed by atoms with Gasteiger partial charge in [0.2, 0.25) is 0 Å². The van der Waals surface area contributed by atoms with Gasteiger partial charge in [-0.3, -0.25) is 0 Å². The Morgan fingerprint density at radius 3 is 2.42 bits per heavy atom. The molecule has 1 heterocycles. The molecule has 2 rings (SSSR count). The van der Waals surface area contributed by atoms with Gasteiger partial charge in [-0.2, -0.15) is 0 Å². The van der Waals surface area contributed by atoms with Gasteiger partial charge in [0.1, 0.15) is 0 Å². The number of anilines is 1. The van der Waals surface area contributed by atoms with Gasteiger partial charge in [-0.15, -0.1) is 0 Å². The van der Waals surface area contributed by atoms with E-state index in [1.807, 2.05) is 0 Å². The van der Waals surface area contributed by atoms with Crippen molar-refractivity contribution in [2.24, 2.45) is 0 Å². The molecule has 0 saturated carbocycles. The molecule has 1 aliphatic heterocycles. The van der Waals surface area contributed by atoms with Crippen LogP contribution in [0.4, 0.5) is 5.69 Å². The zero-order valence-electron chi connectivity index (χ0n) is 12.9. The zero-order valence-corrected chi connectivity index (χ0v) is 12.9. The number of aliphatic hydroxyl groups excluding tert-OH is 1. The van der Waals surface area contributed by atoms with Gasteiger partial charge in [0.25, 0.3) is 0 Å². The SMILES string of the molecule is CC(C)(C)c1ccccc1N1CCC(O)CC1(C)C. The first-order valence-electron chi connectivity index (χ1n) is 7.27. The number of para-hydroxylation sites is 1. The fraction of sp³-hybridized carbons (Fsp3) is 0.647. The second kappa shape index (κ2) is 4.82. The average molecular weight is 261 g/mol. The third kappa shape index (κ3) is 2.94. The second-order valence-corrected chi connectivity index (χ2v) is 7.38. The third-order valence-corrected chi connectivity index (χ3v) is 4.15. The molecule has 1 saturated heterocycles. The standard InChI is InChI=1S/C17H27NO/c1-16(2,3)14-8-6-7-9-15(14)18-11-10-13(19)12-17(18,4)5/h6-9,13,19H,10-12H2,1-5H3. The predicted molar refractivity (Wildman–Crippen MR) is 81.8 cm³/mol. The zero-order chi connectivity index (χ0) is 14.3. The highest BCUT2D eigenvalue weighted by Gasteiger charge is 2.36. The first kappa shape index (κ1) is 14.4. The van der Waals surface area contributed by atoms with Gasteiger partial charge in [-0.25, -0.2) is 0 Å². The number of rotatable bonds is 1. The number of benzene rings is 1. The number of piperidine rings is 1. The van der Waals surface area contributed by atoms with Crippen molar-refractivity contribution in [3.63, 3.8) is 0 Å². The first-order chi connectivity index (χ1) is 8.72. The van der Waals surface area contributed by atoms with Crippen LogP contribution in [-0.2, 0) is 5.41 Å². The average Bonchev–Trinajstić information content (AvgIpc) is 2.26. The van der Waals surface area contributed by atoms with Crippen LogP contribution in [0.3, 0.4) is 0 Å². The van der Waals surface area contributed by atoms with Gasteiger partial charge in [-0.1, -0.05) is 39.0 Å². The Balaban J connectivity index is 2.42. The third-order valence-electron chi connectivity index (χ3n) is 4.15. The topological polar surface area (TPSA) is 23.5 Å². The van der Waals surface area contributed by atoms with Crippen LogP contribution in [0.1, 0.15) is 53.0 Å². The maximum absolute atomic E-state index is 9.91. The van der Waals surface area contributed by atoms with Crippen LogP contribution in [0, 0.1) is 0 Å². The van der Waals surface area contributed by atoms with Crippen LogP contribution in [0.5, 0.6) is 0 Å². The lowest BCUT2D eigenvalue weighted by Gasteiger charge is -2.47. The molecule has 0 radical (unpaired) electrons. The van der Waals surface area contributed by atoms with Crippen LogP contribution in [0.2, 0.25) is 0 Å². The summed E-state index contributed by atoms with van der Waals surface area (Å²) in [4.78, 5) is 2.47. The van der Waals surface area contributed by atoms with E-state index in [2.05, 4.69) is 63.8 Å². The summed E-state index contributed by atoms with van der Waals surface area (Å²) in [5.41, 5.74) is 2.87. The summed E-state index contributed by atoms with van der Waals surface area (Å²) in [7, 11) is 0. The molecule has 2 heteroatoms. The van der Waals surface area contributed by atoms with Gasteiger partial charge >= 0.3 is 0 Å². The molecule has 1 aromatic carbocycles. The van der Waals surface area contributed by atoms with Crippen LogP contribution >= 0.6 is 0 Å². The summed E-state index contributed by atoms with van der Waals surface area (Å²) in [6, 6.07) is 8.69. The van der Waals surface area contributed by atoms with Crippen molar-refractivity contribution in [2.75, 3.05) is 11.4 Å². The van der Waals surface area contributed by atoms with E-state index in [0.29, 0.717) is 0 Å². The highest BCUT2D eigenvalue weighted by atomic mass is 16.3. The monoisotopic (exact) mass is 261 g/mol. The Morgan fingerprint density at radius 1 is 1.21 bits per heavy atom. The molecule has 1 N–H and O–H groups in total. The van der Waals surface area contributed by atoms with E-state index in [1.54, 1.807) is 0 Å². The van der Waals surface area contributed by atoms with Crippen LogP contribution < -0.4 is 4.90 Å². The minimum atomic E-state index is -0.159. The summed E-state index contributed by atoms with van der Waals surface area (Å²) < 4.78 is 0. The van der Waals surface area contributed by atoms with E-state index in [0.717, 1.165) is 19.4 Å². The predicted octanol–water partition coefficient (Wildman–Crippen LogP) is 3.72. The smallest absolute Gasteiger partial charge is 0.0579 e. The molecule has 0 aromatic heterocycles. The maximum atomic E-state index is 9.91. The van der Waals surface area contributed by atoms with Gasteiger partial charge in [0, 0.05) is 17.8 Å². The van der Waals surface area contributed by atoms with Gasteiger partial charge in [0.05, 0.1) is 6.10 Å². The van der Waals surface area contributed by atoms with Crippen molar-refractivity contribution in [2.45, 2.75) is 64.5 Å². The van der Waals surface area contributed by atoms with E-state index in [1.165, 1.54) is 11.3 Å². The van der Waals surface area contributed by atoms with Crippen molar-refractivity contribution in [1.82, 2.24) is 0 Å². The Labute approximate surface area is 117 Å². The molecular formula is C17H27NO. The molecule has 0 amide bonds. The number of hydrogen-bond donors (Lipinski definition) is 1. The lowest BCUT2D eigenvalue weighted by Crippen LogP contribution is -2.52. The molecule has 1 aromatic rings. The Kier molecular flexibility index (Phi) is 3.65. The van der Waals surface area contributed by atoms with Crippen molar-refractivity contribution in [1.29, 1.82) is 0 Å². The summed E-state index contributed by atoms with van der Waals surface area (Å²) in [5, 5.41) is 9.91. The van der Waals surface area contributed by atoms with Crippen molar-refractivity contribution in [3.8, 4) is 0 Å². The second-order valence-electron chi connectivity index (χ2n) is 7.38. The van der Waals surface area contributed by atoms with E-state index in [-0.39, 0.29) is 17.1 Å². The van der Waals surface area contributed by atoms with Crippen molar-refractivity contribution >= 4 is 5.69 Å². The minimum absolute atomic E-state index is 0.0129. The van der Waals surface area contributed by atoms with Crippen LogP contribution in [-0.4, -0.2) is 23.3 Å². The quantitative estimate of drug-likeness (QED) is 0.832.